The molecule has 1 aliphatic rings. The minimum atomic E-state index is -0.530. The molecule has 0 radical (unpaired) electrons. The highest BCUT2D eigenvalue weighted by atomic mass is 16.6. The lowest BCUT2D eigenvalue weighted by Crippen LogP contribution is -2.33. The summed E-state index contributed by atoms with van der Waals surface area (Å²) in [5, 5.41) is 13.9. The topological polar surface area (TPSA) is 84.7 Å². The second-order valence-electron chi connectivity index (χ2n) is 5.88. The normalized spacial score (nSPS) is 15.0. The fraction of sp³-hybridized carbons (Fsp3) is 0.588. The van der Waals surface area contributed by atoms with E-state index in [2.05, 4.69) is 10.2 Å². The van der Waals surface area contributed by atoms with Crippen LogP contribution in [0.25, 0.3) is 0 Å². The van der Waals surface area contributed by atoms with E-state index in [1.54, 1.807) is 13.0 Å². The van der Waals surface area contributed by atoms with E-state index in [-0.39, 0.29) is 22.9 Å². The number of nitrogens with one attached hydrogen (secondary N) is 1. The number of amides is 1. The molecule has 7 heteroatoms. The number of carbonyl (C=O) groups is 1. The second-order valence-corrected chi connectivity index (χ2v) is 5.88. The molecule has 2 rings (SSSR count). The van der Waals surface area contributed by atoms with Crippen LogP contribution in [0, 0.1) is 10.1 Å². The number of ether oxygens (including phenoxy) is 1. The van der Waals surface area contributed by atoms with Gasteiger partial charge in [0.25, 0.3) is 5.91 Å². The SMILES string of the molecule is CCOc1ccc(C(=O)NCCCN2CCCCC2)cc1[N+](=O)[O-]. The Morgan fingerprint density at radius 1 is 1.33 bits per heavy atom. The number of hydrogen-bond donors (Lipinski definition) is 1. The van der Waals surface area contributed by atoms with Gasteiger partial charge in [-0.15, -0.1) is 0 Å². The standard InChI is InChI=1S/C17H25N3O4/c1-2-24-16-8-7-14(13-15(16)20(22)23)17(21)18-9-6-12-19-10-4-3-5-11-19/h7-8,13H,2-6,9-12H2,1H3,(H,18,21). The molecule has 1 aromatic rings. The largest absolute Gasteiger partial charge is 0.487 e. The van der Waals surface area contributed by atoms with Crippen LogP contribution in [0.3, 0.4) is 0 Å². The molecule has 1 N–H and O–H groups in total. The number of benzene rings is 1. The van der Waals surface area contributed by atoms with Crippen LogP contribution < -0.4 is 10.1 Å². The number of nitro groups is 1. The first kappa shape index (κ1) is 18.2. The third-order valence-electron chi connectivity index (χ3n) is 4.10. The Morgan fingerprint density at radius 3 is 2.75 bits per heavy atom. The van der Waals surface area contributed by atoms with Gasteiger partial charge in [-0.1, -0.05) is 6.42 Å². The van der Waals surface area contributed by atoms with Gasteiger partial charge in [-0.05, 0) is 58.0 Å². The highest BCUT2D eigenvalue weighted by Gasteiger charge is 2.18. The molecule has 1 amide bonds. The molecule has 132 valence electrons. The van der Waals surface area contributed by atoms with Crippen molar-refractivity contribution in [1.29, 1.82) is 0 Å². The third-order valence-corrected chi connectivity index (χ3v) is 4.10. The Labute approximate surface area is 142 Å². The molecule has 0 bridgehead atoms. The van der Waals surface area contributed by atoms with Crippen molar-refractivity contribution in [2.24, 2.45) is 0 Å². The lowest BCUT2D eigenvalue weighted by molar-refractivity contribution is -0.385. The van der Waals surface area contributed by atoms with Gasteiger partial charge in [0.05, 0.1) is 11.5 Å². The zero-order chi connectivity index (χ0) is 17.4. The van der Waals surface area contributed by atoms with Crippen molar-refractivity contribution in [3.63, 3.8) is 0 Å². The van der Waals surface area contributed by atoms with Crippen LogP contribution in [-0.2, 0) is 0 Å². The number of nitro benzene ring substituents is 1. The van der Waals surface area contributed by atoms with Gasteiger partial charge in [0.15, 0.2) is 5.75 Å². The fourth-order valence-corrected chi connectivity index (χ4v) is 2.87. The maximum absolute atomic E-state index is 12.2. The Balaban J connectivity index is 1.85. The van der Waals surface area contributed by atoms with E-state index in [0.717, 1.165) is 26.1 Å². The molecule has 1 aliphatic heterocycles. The minimum absolute atomic E-state index is 0.183. The van der Waals surface area contributed by atoms with Crippen molar-refractivity contribution in [3.05, 3.63) is 33.9 Å². The van der Waals surface area contributed by atoms with Crippen molar-refractivity contribution in [3.8, 4) is 5.75 Å². The van der Waals surface area contributed by atoms with E-state index in [0.29, 0.717) is 13.2 Å². The lowest BCUT2D eigenvalue weighted by Gasteiger charge is -2.26. The number of likely N-dealkylation sites (tertiary alicyclic amines) is 1. The number of nitrogens with zero attached hydrogens (tertiary/aromatic N) is 2. The van der Waals surface area contributed by atoms with E-state index in [4.69, 9.17) is 4.74 Å². The third kappa shape index (κ3) is 5.19. The summed E-state index contributed by atoms with van der Waals surface area (Å²) in [6, 6.07) is 4.30. The van der Waals surface area contributed by atoms with E-state index < -0.39 is 4.92 Å². The zero-order valence-electron chi connectivity index (χ0n) is 14.1. The van der Waals surface area contributed by atoms with Crippen LogP contribution in [0.1, 0.15) is 43.0 Å². The predicted octanol–water partition coefficient (Wildman–Crippen LogP) is 2.60. The molecule has 0 aliphatic carbocycles. The van der Waals surface area contributed by atoms with Gasteiger partial charge in [-0.25, -0.2) is 0 Å². The van der Waals surface area contributed by atoms with Crippen molar-refractivity contribution in [2.45, 2.75) is 32.6 Å². The molecule has 0 saturated carbocycles. The molecule has 1 heterocycles. The first-order chi connectivity index (χ1) is 11.6. The van der Waals surface area contributed by atoms with Gasteiger partial charge in [-0.3, -0.25) is 14.9 Å². The molecule has 0 unspecified atom stereocenters. The minimum Gasteiger partial charge on any atom is -0.487 e. The lowest BCUT2D eigenvalue weighted by atomic mass is 10.1. The van der Waals surface area contributed by atoms with Crippen LogP contribution in [0.15, 0.2) is 18.2 Å². The van der Waals surface area contributed by atoms with Crippen molar-refractivity contribution < 1.29 is 14.5 Å². The Kier molecular flexibility index (Phi) is 6.99. The van der Waals surface area contributed by atoms with E-state index in [1.807, 2.05) is 0 Å². The van der Waals surface area contributed by atoms with E-state index in [1.165, 1.54) is 31.4 Å². The van der Waals surface area contributed by atoms with Gasteiger partial charge >= 0.3 is 5.69 Å². The van der Waals surface area contributed by atoms with Crippen molar-refractivity contribution in [2.75, 3.05) is 32.8 Å². The summed E-state index contributed by atoms with van der Waals surface area (Å²) in [4.78, 5) is 25.1. The molecule has 0 aromatic heterocycles. The summed E-state index contributed by atoms with van der Waals surface area (Å²) in [6.07, 6.45) is 4.69. The van der Waals surface area contributed by atoms with Crippen molar-refractivity contribution in [1.82, 2.24) is 10.2 Å². The molecule has 24 heavy (non-hydrogen) atoms. The zero-order valence-corrected chi connectivity index (χ0v) is 14.1. The molecule has 0 atom stereocenters. The molecule has 7 nitrogen and oxygen atoms in total. The van der Waals surface area contributed by atoms with Crippen LogP contribution in [0.5, 0.6) is 5.75 Å². The van der Waals surface area contributed by atoms with Gasteiger partial charge < -0.3 is 15.0 Å². The summed E-state index contributed by atoms with van der Waals surface area (Å²) in [5.41, 5.74) is 0.0981. The first-order valence-electron chi connectivity index (χ1n) is 8.53. The van der Waals surface area contributed by atoms with Crippen LogP contribution in [0.4, 0.5) is 5.69 Å². The van der Waals surface area contributed by atoms with Gasteiger partial charge in [-0.2, -0.15) is 0 Å². The van der Waals surface area contributed by atoms with Crippen LogP contribution in [0.2, 0.25) is 0 Å². The highest BCUT2D eigenvalue weighted by molar-refractivity contribution is 5.95. The molecule has 0 spiro atoms. The maximum atomic E-state index is 12.2. The molecular formula is C17H25N3O4. The number of piperidine rings is 1. The summed E-state index contributed by atoms with van der Waals surface area (Å²) in [5.74, 6) is -0.107. The number of rotatable bonds is 8. The first-order valence-corrected chi connectivity index (χ1v) is 8.53. The highest BCUT2D eigenvalue weighted by Crippen LogP contribution is 2.27. The maximum Gasteiger partial charge on any atom is 0.311 e. The summed E-state index contributed by atoms with van der Waals surface area (Å²) in [6.45, 7) is 5.91. The van der Waals surface area contributed by atoms with E-state index in [9.17, 15) is 14.9 Å². The quantitative estimate of drug-likeness (QED) is 0.448. The van der Waals surface area contributed by atoms with Crippen molar-refractivity contribution >= 4 is 11.6 Å². The molecule has 1 saturated heterocycles. The van der Waals surface area contributed by atoms with Gasteiger partial charge in [0.1, 0.15) is 0 Å². The van der Waals surface area contributed by atoms with Gasteiger partial charge in [0.2, 0.25) is 0 Å². The average Bonchev–Trinajstić information content (AvgIpc) is 2.60. The molecule has 1 aromatic carbocycles. The fourth-order valence-electron chi connectivity index (χ4n) is 2.87. The predicted molar refractivity (Wildman–Crippen MR) is 91.5 cm³/mol. The Bertz CT molecular complexity index is 571. The number of carbonyl (C=O) groups excluding carboxylic acids is 1. The van der Waals surface area contributed by atoms with Gasteiger partial charge in [0, 0.05) is 18.2 Å². The average molecular weight is 335 g/mol. The van der Waals surface area contributed by atoms with Crippen LogP contribution in [-0.4, -0.2) is 48.5 Å². The Morgan fingerprint density at radius 2 is 2.08 bits per heavy atom. The Hall–Kier alpha value is -2.15. The van der Waals surface area contributed by atoms with Crippen LogP contribution >= 0.6 is 0 Å². The monoisotopic (exact) mass is 335 g/mol. The summed E-state index contributed by atoms with van der Waals surface area (Å²) < 4.78 is 5.22. The summed E-state index contributed by atoms with van der Waals surface area (Å²) in [7, 11) is 0. The molecular weight excluding hydrogens is 310 g/mol. The summed E-state index contributed by atoms with van der Waals surface area (Å²) >= 11 is 0. The van der Waals surface area contributed by atoms with E-state index >= 15 is 0 Å². The molecule has 1 fully saturated rings. The number of hydrogen-bond acceptors (Lipinski definition) is 5. The smallest absolute Gasteiger partial charge is 0.311 e. The second kappa shape index (κ2) is 9.22.